The summed E-state index contributed by atoms with van der Waals surface area (Å²) in [5.74, 6) is 1.25. The number of rotatable bonds is 5. The second kappa shape index (κ2) is 5.32. The summed E-state index contributed by atoms with van der Waals surface area (Å²) in [4.78, 5) is 2.57. The first-order valence-corrected chi connectivity index (χ1v) is 7.35. The van der Waals surface area contributed by atoms with E-state index in [1.165, 1.54) is 25.3 Å². The van der Waals surface area contributed by atoms with Gasteiger partial charge in [0.2, 0.25) is 0 Å². The predicted molar refractivity (Wildman–Crippen MR) is 65.6 cm³/mol. The van der Waals surface area contributed by atoms with E-state index in [0.29, 0.717) is 5.54 Å². The molecule has 1 atom stereocenters. The second-order valence-corrected chi connectivity index (χ2v) is 5.35. The van der Waals surface area contributed by atoms with Crippen LogP contribution in [0.5, 0.6) is 0 Å². The zero-order valence-corrected chi connectivity index (χ0v) is 10.4. The average molecular weight is 217 g/mol. The highest BCUT2D eigenvalue weighted by Gasteiger charge is 2.37. The van der Waals surface area contributed by atoms with Crippen LogP contribution >= 0.6 is 23.5 Å². The molecule has 1 unspecified atom stereocenters. The first-order valence-electron chi connectivity index (χ1n) is 4.67. The third-order valence-electron chi connectivity index (χ3n) is 2.74. The van der Waals surface area contributed by atoms with Gasteiger partial charge in [-0.2, -0.15) is 11.8 Å². The molecule has 1 heterocycles. The molecule has 0 spiro atoms. The molecule has 0 aliphatic carbocycles. The smallest absolute Gasteiger partial charge is 0.0383 e. The van der Waals surface area contributed by atoms with E-state index in [-0.39, 0.29) is 0 Å². The number of hydrogen-bond donors (Lipinski definition) is 0. The molecule has 0 saturated carbocycles. The van der Waals surface area contributed by atoms with Crippen LogP contribution in [0.1, 0.15) is 13.3 Å². The predicted octanol–water partition coefficient (Wildman–Crippen LogP) is 2.69. The van der Waals surface area contributed by atoms with Gasteiger partial charge in [-0.25, -0.2) is 0 Å². The largest absolute Gasteiger partial charge is 0.294 e. The van der Waals surface area contributed by atoms with E-state index in [0.717, 1.165) is 0 Å². The Morgan fingerprint density at radius 2 is 2.23 bits per heavy atom. The molecule has 13 heavy (non-hydrogen) atoms. The molecule has 1 fully saturated rings. The van der Waals surface area contributed by atoms with Gasteiger partial charge in [0.05, 0.1) is 0 Å². The Kier molecular flexibility index (Phi) is 4.70. The van der Waals surface area contributed by atoms with E-state index in [1.54, 1.807) is 11.8 Å². The van der Waals surface area contributed by atoms with Crippen molar-refractivity contribution in [3.05, 3.63) is 11.5 Å². The van der Waals surface area contributed by atoms with Crippen molar-refractivity contribution >= 4 is 23.5 Å². The first-order chi connectivity index (χ1) is 6.23. The summed E-state index contributed by atoms with van der Waals surface area (Å²) in [5, 5.41) is 2.21. The highest BCUT2D eigenvalue weighted by Crippen LogP contribution is 2.31. The number of hydrogen-bond acceptors (Lipinski definition) is 3. The molecule has 0 aromatic heterocycles. The molecule has 0 N–H and O–H groups in total. The molecule has 1 saturated heterocycles. The molecule has 0 amide bonds. The summed E-state index contributed by atoms with van der Waals surface area (Å²) >= 11 is 3.72. The standard InChI is InChI=1S/C10H19NS2/c1-10(5-8-12-2)4-6-11(10)7-9-13-3/h5,8H,4,6-7,9H2,1-3H3/b8-5+. The van der Waals surface area contributed by atoms with Gasteiger partial charge >= 0.3 is 0 Å². The molecule has 1 aliphatic heterocycles. The molecule has 0 aromatic carbocycles. The van der Waals surface area contributed by atoms with Crippen molar-refractivity contribution in [1.29, 1.82) is 0 Å². The maximum Gasteiger partial charge on any atom is 0.0383 e. The Labute approximate surface area is 90.3 Å². The fraction of sp³-hybridized carbons (Fsp3) is 0.800. The van der Waals surface area contributed by atoms with Crippen molar-refractivity contribution in [3.63, 3.8) is 0 Å². The van der Waals surface area contributed by atoms with Gasteiger partial charge in [-0.1, -0.05) is 6.08 Å². The maximum atomic E-state index is 2.57. The topological polar surface area (TPSA) is 3.24 Å². The van der Waals surface area contributed by atoms with Crippen LogP contribution < -0.4 is 0 Å². The lowest BCUT2D eigenvalue weighted by Gasteiger charge is -2.49. The van der Waals surface area contributed by atoms with Crippen molar-refractivity contribution in [2.24, 2.45) is 0 Å². The minimum Gasteiger partial charge on any atom is -0.294 e. The highest BCUT2D eigenvalue weighted by molar-refractivity contribution is 8.01. The van der Waals surface area contributed by atoms with Crippen molar-refractivity contribution in [1.82, 2.24) is 4.90 Å². The van der Waals surface area contributed by atoms with Crippen molar-refractivity contribution in [2.75, 3.05) is 31.4 Å². The van der Waals surface area contributed by atoms with Crippen LogP contribution in [-0.2, 0) is 0 Å². The SMILES string of the molecule is CS/C=C/C1(C)CCN1CCSC. The Balaban J connectivity index is 2.36. The molecular weight excluding hydrogens is 198 g/mol. The zero-order chi connectivity index (χ0) is 9.73. The Hall–Kier alpha value is 0.400. The van der Waals surface area contributed by atoms with Crippen LogP contribution in [0.25, 0.3) is 0 Å². The Morgan fingerprint density at radius 3 is 2.69 bits per heavy atom. The second-order valence-electron chi connectivity index (χ2n) is 3.63. The van der Waals surface area contributed by atoms with E-state index in [2.05, 4.69) is 35.8 Å². The third kappa shape index (κ3) is 2.93. The Bertz CT molecular complexity index is 182. The van der Waals surface area contributed by atoms with Crippen molar-refractivity contribution in [2.45, 2.75) is 18.9 Å². The summed E-state index contributed by atoms with van der Waals surface area (Å²) in [7, 11) is 0. The minimum absolute atomic E-state index is 0.360. The molecule has 1 nitrogen and oxygen atoms in total. The average Bonchev–Trinajstić information content (AvgIpc) is 2.13. The van der Waals surface area contributed by atoms with E-state index in [4.69, 9.17) is 0 Å². The van der Waals surface area contributed by atoms with Crippen LogP contribution in [0.3, 0.4) is 0 Å². The first kappa shape index (κ1) is 11.5. The fourth-order valence-electron chi connectivity index (χ4n) is 1.59. The molecule has 76 valence electrons. The molecule has 0 bridgehead atoms. The molecule has 1 rings (SSSR count). The summed E-state index contributed by atoms with van der Waals surface area (Å²) < 4.78 is 0. The lowest BCUT2D eigenvalue weighted by molar-refractivity contribution is 0.0480. The lowest BCUT2D eigenvalue weighted by Crippen LogP contribution is -2.57. The van der Waals surface area contributed by atoms with E-state index in [1.807, 2.05) is 11.8 Å². The van der Waals surface area contributed by atoms with Crippen LogP contribution in [-0.4, -0.2) is 41.8 Å². The summed E-state index contributed by atoms with van der Waals surface area (Å²) in [6, 6.07) is 0. The summed E-state index contributed by atoms with van der Waals surface area (Å²) in [6.07, 6.45) is 7.96. The van der Waals surface area contributed by atoms with Gasteiger partial charge in [-0.15, -0.1) is 11.8 Å². The van der Waals surface area contributed by atoms with Gasteiger partial charge in [0.1, 0.15) is 0 Å². The van der Waals surface area contributed by atoms with Crippen LogP contribution in [0.15, 0.2) is 11.5 Å². The maximum absolute atomic E-state index is 2.57. The molecular formula is C10H19NS2. The fourth-order valence-corrected chi connectivity index (χ4v) is 2.43. The monoisotopic (exact) mass is 217 g/mol. The molecule has 0 radical (unpaired) electrons. The van der Waals surface area contributed by atoms with Crippen LogP contribution in [0, 0.1) is 0 Å². The van der Waals surface area contributed by atoms with Gasteiger partial charge in [0, 0.05) is 24.4 Å². The minimum atomic E-state index is 0.360. The van der Waals surface area contributed by atoms with Gasteiger partial charge in [0.25, 0.3) is 0 Å². The van der Waals surface area contributed by atoms with Gasteiger partial charge in [0.15, 0.2) is 0 Å². The van der Waals surface area contributed by atoms with E-state index in [9.17, 15) is 0 Å². The number of thioether (sulfide) groups is 2. The molecule has 0 aromatic rings. The van der Waals surface area contributed by atoms with Crippen LogP contribution in [0.2, 0.25) is 0 Å². The normalized spacial score (nSPS) is 29.5. The Morgan fingerprint density at radius 1 is 1.46 bits per heavy atom. The molecule has 3 heteroatoms. The quantitative estimate of drug-likeness (QED) is 0.697. The summed E-state index contributed by atoms with van der Waals surface area (Å²) in [5.41, 5.74) is 0.360. The van der Waals surface area contributed by atoms with Gasteiger partial charge < -0.3 is 0 Å². The molecule has 1 aliphatic rings. The number of likely N-dealkylation sites (tertiary alicyclic amines) is 1. The number of nitrogens with zero attached hydrogens (tertiary/aromatic N) is 1. The van der Waals surface area contributed by atoms with Gasteiger partial charge in [-0.05, 0) is 31.3 Å². The van der Waals surface area contributed by atoms with Gasteiger partial charge in [-0.3, -0.25) is 4.90 Å². The zero-order valence-electron chi connectivity index (χ0n) is 8.75. The third-order valence-corrected chi connectivity index (χ3v) is 3.74. The summed E-state index contributed by atoms with van der Waals surface area (Å²) in [6.45, 7) is 4.84. The van der Waals surface area contributed by atoms with E-state index < -0.39 is 0 Å². The van der Waals surface area contributed by atoms with Crippen molar-refractivity contribution in [3.8, 4) is 0 Å². The van der Waals surface area contributed by atoms with E-state index >= 15 is 0 Å². The van der Waals surface area contributed by atoms with Crippen LogP contribution in [0.4, 0.5) is 0 Å². The highest BCUT2D eigenvalue weighted by atomic mass is 32.2. The van der Waals surface area contributed by atoms with Crippen molar-refractivity contribution < 1.29 is 0 Å². The lowest BCUT2D eigenvalue weighted by atomic mass is 9.87.